The molecule has 1 aromatic carbocycles. The quantitative estimate of drug-likeness (QED) is 0.644. The van der Waals surface area contributed by atoms with Gasteiger partial charge in [-0.3, -0.25) is 4.79 Å². The molecule has 29 heavy (non-hydrogen) atoms. The van der Waals surface area contributed by atoms with Gasteiger partial charge in [-0.2, -0.15) is 0 Å². The van der Waals surface area contributed by atoms with Crippen LogP contribution in [0.3, 0.4) is 0 Å². The number of carbonyl (C=O) groups excluding carboxylic acids is 1. The van der Waals surface area contributed by atoms with Crippen molar-refractivity contribution in [3.8, 4) is 17.0 Å². The molecule has 0 saturated carbocycles. The van der Waals surface area contributed by atoms with Gasteiger partial charge in [-0.1, -0.05) is 0 Å². The molecule has 1 fully saturated rings. The fraction of sp³-hybridized carbons (Fsp3) is 0.333. The van der Waals surface area contributed by atoms with Crippen LogP contribution in [0.5, 0.6) is 5.75 Å². The average molecular weight is 410 g/mol. The van der Waals surface area contributed by atoms with Gasteiger partial charge in [0.25, 0.3) is 5.91 Å². The molecule has 0 unspecified atom stereocenters. The Morgan fingerprint density at radius 3 is 2.55 bits per heavy atom. The highest BCUT2D eigenvalue weighted by Gasteiger charge is 2.24. The first-order valence-corrected chi connectivity index (χ1v) is 10.5. The second-order valence-corrected chi connectivity index (χ2v) is 7.81. The number of anilines is 1. The fourth-order valence-corrected chi connectivity index (χ4v) is 3.92. The van der Waals surface area contributed by atoms with Gasteiger partial charge in [0.2, 0.25) is 0 Å². The van der Waals surface area contributed by atoms with Gasteiger partial charge < -0.3 is 14.5 Å². The predicted molar refractivity (Wildman–Crippen MR) is 114 cm³/mol. The lowest BCUT2D eigenvalue weighted by Crippen LogP contribution is -2.49. The number of hydrogen-bond donors (Lipinski definition) is 0. The summed E-state index contributed by atoms with van der Waals surface area (Å²) in [6, 6.07) is 9.90. The van der Waals surface area contributed by atoms with Crippen molar-refractivity contribution in [2.24, 2.45) is 0 Å². The van der Waals surface area contributed by atoms with Crippen LogP contribution in [-0.4, -0.2) is 58.5 Å². The molecule has 150 valence electrons. The fourth-order valence-electron chi connectivity index (χ4n) is 3.33. The number of aromatic nitrogens is 3. The van der Waals surface area contributed by atoms with E-state index in [1.807, 2.05) is 54.5 Å². The van der Waals surface area contributed by atoms with Gasteiger partial charge in [-0.15, -0.1) is 11.3 Å². The van der Waals surface area contributed by atoms with Gasteiger partial charge in [-0.25, -0.2) is 15.0 Å². The maximum Gasteiger partial charge on any atom is 0.273 e. The number of rotatable bonds is 5. The van der Waals surface area contributed by atoms with Crippen molar-refractivity contribution >= 4 is 23.1 Å². The Labute approximate surface area is 174 Å². The second kappa shape index (κ2) is 8.57. The average Bonchev–Trinajstić information content (AvgIpc) is 3.20. The molecule has 0 N–H and O–H groups in total. The highest BCUT2D eigenvalue weighted by atomic mass is 32.1. The van der Waals surface area contributed by atoms with Crippen LogP contribution >= 0.6 is 11.3 Å². The van der Waals surface area contributed by atoms with Gasteiger partial charge in [0.15, 0.2) is 0 Å². The van der Waals surface area contributed by atoms with Crippen LogP contribution in [0.2, 0.25) is 0 Å². The molecule has 1 aliphatic rings. The van der Waals surface area contributed by atoms with Crippen molar-refractivity contribution in [2.45, 2.75) is 13.8 Å². The van der Waals surface area contributed by atoms with Gasteiger partial charge in [0.1, 0.15) is 23.6 Å². The Balaban J connectivity index is 1.42. The molecule has 2 aromatic heterocycles. The van der Waals surface area contributed by atoms with Gasteiger partial charge in [0.05, 0.1) is 17.3 Å². The number of amides is 1. The van der Waals surface area contributed by atoms with Crippen LogP contribution in [0, 0.1) is 6.92 Å². The standard InChI is InChI=1S/C21H23N5O2S/c1-3-28-17-6-4-16(5-7-17)18-12-20(23-14-22-18)25-8-10-26(11-9-25)21(27)19-13-29-15(2)24-19/h4-7,12-14H,3,8-11H2,1-2H3. The second-order valence-electron chi connectivity index (χ2n) is 6.75. The summed E-state index contributed by atoms with van der Waals surface area (Å²) < 4.78 is 5.50. The molecule has 3 heterocycles. The zero-order valence-electron chi connectivity index (χ0n) is 16.5. The number of ether oxygens (including phenoxy) is 1. The number of benzene rings is 1. The van der Waals surface area contributed by atoms with Crippen LogP contribution < -0.4 is 9.64 Å². The predicted octanol–water partition coefficient (Wildman–Crippen LogP) is 3.27. The van der Waals surface area contributed by atoms with E-state index in [4.69, 9.17) is 4.74 Å². The third kappa shape index (κ3) is 4.37. The first-order chi connectivity index (χ1) is 14.1. The summed E-state index contributed by atoms with van der Waals surface area (Å²) in [4.78, 5) is 29.8. The minimum atomic E-state index is 0.00626. The lowest BCUT2D eigenvalue weighted by atomic mass is 10.1. The van der Waals surface area contributed by atoms with E-state index in [9.17, 15) is 4.79 Å². The van der Waals surface area contributed by atoms with Crippen molar-refractivity contribution < 1.29 is 9.53 Å². The third-order valence-electron chi connectivity index (χ3n) is 4.84. The highest BCUT2D eigenvalue weighted by Crippen LogP contribution is 2.24. The largest absolute Gasteiger partial charge is 0.494 e. The van der Waals surface area contributed by atoms with E-state index in [1.165, 1.54) is 11.3 Å². The molecule has 8 heteroatoms. The maximum atomic E-state index is 12.6. The first kappa shape index (κ1) is 19.3. The zero-order valence-corrected chi connectivity index (χ0v) is 17.4. The topological polar surface area (TPSA) is 71.5 Å². The number of piperazine rings is 1. The van der Waals surface area contributed by atoms with E-state index >= 15 is 0 Å². The minimum Gasteiger partial charge on any atom is -0.494 e. The number of carbonyl (C=O) groups is 1. The zero-order chi connectivity index (χ0) is 20.2. The van der Waals surface area contributed by atoms with Crippen molar-refractivity contribution in [3.05, 3.63) is 52.7 Å². The Morgan fingerprint density at radius 2 is 1.90 bits per heavy atom. The summed E-state index contributed by atoms with van der Waals surface area (Å²) in [5.74, 6) is 1.73. The maximum absolute atomic E-state index is 12.6. The monoisotopic (exact) mass is 409 g/mol. The molecule has 1 aliphatic heterocycles. The van der Waals surface area contributed by atoms with Crippen LogP contribution in [0.25, 0.3) is 11.3 Å². The van der Waals surface area contributed by atoms with Gasteiger partial charge >= 0.3 is 0 Å². The van der Waals surface area contributed by atoms with Gasteiger partial charge in [-0.05, 0) is 38.1 Å². The molecular weight excluding hydrogens is 386 g/mol. The van der Waals surface area contributed by atoms with E-state index in [-0.39, 0.29) is 5.91 Å². The summed E-state index contributed by atoms with van der Waals surface area (Å²) in [5, 5.41) is 2.74. The number of nitrogens with zero attached hydrogens (tertiary/aromatic N) is 5. The molecule has 0 aliphatic carbocycles. The molecule has 1 amide bonds. The third-order valence-corrected chi connectivity index (χ3v) is 5.62. The van der Waals surface area contributed by atoms with Crippen molar-refractivity contribution in [2.75, 3.05) is 37.7 Å². The molecule has 0 radical (unpaired) electrons. The summed E-state index contributed by atoms with van der Waals surface area (Å²) in [6.07, 6.45) is 1.59. The summed E-state index contributed by atoms with van der Waals surface area (Å²) >= 11 is 1.50. The van der Waals surface area contributed by atoms with E-state index in [1.54, 1.807) is 6.33 Å². The van der Waals surface area contributed by atoms with Crippen molar-refractivity contribution in [1.29, 1.82) is 0 Å². The van der Waals surface area contributed by atoms with Gasteiger partial charge in [0, 0.05) is 43.2 Å². The van der Waals surface area contributed by atoms with Crippen LogP contribution in [-0.2, 0) is 0 Å². The molecule has 4 rings (SSSR count). The summed E-state index contributed by atoms with van der Waals surface area (Å²) in [6.45, 7) is 7.29. The molecule has 0 atom stereocenters. The lowest BCUT2D eigenvalue weighted by Gasteiger charge is -2.35. The summed E-state index contributed by atoms with van der Waals surface area (Å²) in [7, 11) is 0. The number of aryl methyl sites for hydroxylation is 1. The van der Waals surface area contributed by atoms with Crippen LogP contribution in [0.15, 0.2) is 42.0 Å². The lowest BCUT2D eigenvalue weighted by molar-refractivity contribution is 0.0741. The van der Waals surface area contributed by atoms with Crippen LogP contribution in [0.1, 0.15) is 22.4 Å². The van der Waals surface area contributed by atoms with E-state index < -0.39 is 0 Å². The normalized spacial score (nSPS) is 14.1. The Hall–Kier alpha value is -3.00. The Bertz CT molecular complexity index is 981. The highest BCUT2D eigenvalue weighted by molar-refractivity contribution is 7.09. The molecule has 3 aromatic rings. The SMILES string of the molecule is CCOc1ccc(-c2cc(N3CCN(C(=O)c4csc(C)n4)CC3)ncn2)cc1. The van der Waals surface area contributed by atoms with Crippen molar-refractivity contribution in [3.63, 3.8) is 0 Å². The Morgan fingerprint density at radius 1 is 1.14 bits per heavy atom. The molecular formula is C21H23N5O2S. The number of hydrogen-bond acceptors (Lipinski definition) is 7. The van der Waals surface area contributed by atoms with E-state index in [0.29, 0.717) is 25.4 Å². The molecule has 0 spiro atoms. The van der Waals surface area contributed by atoms with Crippen LogP contribution in [0.4, 0.5) is 5.82 Å². The Kier molecular flexibility index (Phi) is 5.71. The van der Waals surface area contributed by atoms with E-state index in [2.05, 4.69) is 19.9 Å². The smallest absolute Gasteiger partial charge is 0.273 e. The minimum absolute atomic E-state index is 0.00626. The summed E-state index contributed by atoms with van der Waals surface area (Å²) in [5.41, 5.74) is 2.43. The molecule has 1 saturated heterocycles. The number of thiazole rings is 1. The molecule has 0 bridgehead atoms. The first-order valence-electron chi connectivity index (χ1n) is 9.65. The van der Waals surface area contributed by atoms with E-state index in [0.717, 1.165) is 40.9 Å². The van der Waals surface area contributed by atoms with Crippen molar-refractivity contribution in [1.82, 2.24) is 19.9 Å². The molecule has 7 nitrogen and oxygen atoms in total.